The Morgan fingerprint density at radius 3 is 2.22 bits per heavy atom. The molecule has 23 heavy (non-hydrogen) atoms. The van der Waals surface area contributed by atoms with Crippen molar-refractivity contribution in [1.82, 2.24) is 0 Å². The molecule has 3 aromatic carbocycles. The van der Waals surface area contributed by atoms with Gasteiger partial charge in [-0.2, -0.15) is 5.26 Å². The fourth-order valence-electron chi connectivity index (χ4n) is 2.79. The first kappa shape index (κ1) is 13.4. The predicted octanol–water partition coefficient (Wildman–Crippen LogP) is 5.64. The van der Waals surface area contributed by atoms with E-state index in [-0.39, 0.29) is 0 Å². The van der Waals surface area contributed by atoms with Gasteiger partial charge in [0.05, 0.1) is 17.9 Å². The average Bonchev–Trinajstić information content (AvgIpc) is 3.05. The quantitative estimate of drug-likeness (QED) is 0.480. The minimum atomic E-state index is 0.670. The number of nitriles is 1. The van der Waals surface area contributed by atoms with Crippen LogP contribution in [0.2, 0.25) is 0 Å². The van der Waals surface area contributed by atoms with Gasteiger partial charge in [-0.25, -0.2) is 0 Å². The van der Waals surface area contributed by atoms with E-state index < -0.39 is 0 Å². The molecular weight excluding hydrogens is 282 g/mol. The van der Waals surface area contributed by atoms with E-state index in [0.29, 0.717) is 5.56 Å². The van der Waals surface area contributed by atoms with Gasteiger partial charge in [0.25, 0.3) is 0 Å². The van der Waals surface area contributed by atoms with Gasteiger partial charge in [-0.1, -0.05) is 48.5 Å². The summed E-state index contributed by atoms with van der Waals surface area (Å²) >= 11 is 0. The van der Waals surface area contributed by atoms with Gasteiger partial charge < -0.3 is 4.42 Å². The van der Waals surface area contributed by atoms with Gasteiger partial charge in [0.15, 0.2) is 0 Å². The Labute approximate surface area is 134 Å². The monoisotopic (exact) mass is 295 g/mol. The van der Waals surface area contributed by atoms with Crippen molar-refractivity contribution in [2.45, 2.75) is 0 Å². The third-order valence-electron chi connectivity index (χ3n) is 4.01. The van der Waals surface area contributed by atoms with E-state index in [4.69, 9.17) is 9.68 Å². The zero-order valence-electron chi connectivity index (χ0n) is 12.4. The zero-order valence-corrected chi connectivity index (χ0v) is 12.4. The van der Waals surface area contributed by atoms with Crippen molar-refractivity contribution in [1.29, 1.82) is 5.26 Å². The number of benzene rings is 3. The van der Waals surface area contributed by atoms with Gasteiger partial charge in [-0.15, -0.1) is 0 Å². The molecule has 1 aromatic heterocycles. The summed E-state index contributed by atoms with van der Waals surface area (Å²) in [6.07, 6.45) is 1.81. The molecule has 0 radical (unpaired) electrons. The molecule has 108 valence electrons. The summed E-state index contributed by atoms with van der Waals surface area (Å²) in [5.41, 5.74) is 5.98. The van der Waals surface area contributed by atoms with Gasteiger partial charge in [-0.3, -0.25) is 0 Å². The Morgan fingerprint density at radius 2 is 1.48 bits per heavy atom. The van der Waals surface area contributed by atoms with Crippen LogP contribution in [0.3, 0.4) is 0 Å². The molecule has 0 aliphatic heterocycles. The molecule has 1 heterocycles. The van der Waals surface area contributed by atoms with Crippen LogP contribution in [-0.2, 0) is 0 Å². The highest BCUT2D eigenvalue weighted by Gasteiger charge is 2.09. The molecule has 4 aromatic rings. The van der Waals surface area contributed by atoms with Crippen LogP contribution in [0, 0.1) is 11.3 Å². The van der Waals surface area contributed by atoms with Crippen molar-refractivity contribution < 1.29 is 4.42 Å². The number of furan rings is 1. The Kier molecular flexibility index (Phi) is 3.18. The van der Waals surface area contributed by atoms with Gasteiger partial charge >= 0.3 is 0 Å². The molecule has 0 aliphatic rings. The number of fused-ring (bicyclic) bond motifs is 1. The number of rotatable bonds is 2. The molecule has 2 heteroatoms. The van der Waals surface area contributed by atoms with E-state index in [1.165, 1.54) is 0 Å². The van der Waals surface area contributed by atoms with Crippen molar-refractivity contribution in [2.75, 3.05) is 0 Å². The van der Waals surface area contributed by atoms with Crippen LogP contribution in [0.15, 0.2) is 83.5 Å². The van der Waals surface area contributed by atoms with Crippen molar-refractivity contribution in [3.8, 4) is 28.3 Å². The van der Waals surface area contributed by atoms with E-state index in [0.717, 1.165) is 33.2 Å². The molecule has 2 nitrogen and oxygen atoms in total. The Morgan fingerprint density at radius 1 is 0.739 bits per heavy atom. The van der Waals surface area contributed by atoms with E-state index in [2.05, 4.69) is 24.3 Å². The van der Waals surface area contributed by atoms with E-state index in [1.807, 2.05) is 60.9 Å². The van der Waals surface area contributed by atoms with Crippen molar-refractivity contribution in [2.24, 2.45) is 0 Å². The van der Waals surface area contributed by atoms with Crippen LogP contribution in [-0.4, -0.2) is 0 Å². The minimum absolute atomic E-state index is 0.670. The fraction of sp³-hybridized carbons (Fsp3) is 0. The minimum Gasteiger partial charge on any atom is -0.464 e. The maximum atomic E-state index is 8.91. The summed E-state index contributed by atoms with van der Waals surface area (Å²) < 4.78 is 5.69. The highest BCUT2D eigenvalue weighted by molar-refractivity contribution is 5.96. The summed E-state index contributed by atoms with van der Waals surface area (Å²) in [5.74, 6) is 0. The molecule has 0 atom stereocenters. The van der Waals surface area contributed by atoms with Crippen molar-refractivity contribution in [3.63, 3.8) is 0 Å². The van der Waals surface area contributed by atoms with Crippen LogP contribution >= 0.6 is 0 Å². The number of hydrogen-bond acceptors (Lipinski definition) is 2. The van der Waals surface area contributed by atoms with Gasteiger partial charge in [0.1, 0.15) is 5.58 Å². The number of nitrogens with zero attached hydrogens (tertiary/aromatic N) is 1. The lowest BCUT2D eigenvalue weighted by atomic mass is 9.99. The zero-order chi connectivity index (χ0) is 15.6. The lowest BCUT2D eigenvalue weighted by Gasteiger charge is -2.03. The molecule has 0 N–H and O–H groups in total. The molecule has 0 saturated carbocycles. The van der Waals surface area contributed by atoms with E-state index in [1.54, 1.807) is 0 Å². The van der Waals surface area contributed by atoms with Crippen molar-refractivity contribution >= 4 is 11.0 Å². The molecular formula is C21H13NO. The molecule has 0 unspecified atom stereocenters. The summed E-state index contributed by atoms with van der Waals surface area (Å²) in [6.45, 7) is 0. The molecule has 0 aliphatic carbocycles. The molecule has 4 rings (SSSR count). The second kappa shape index (κ2) is 5.47. The maximum Gasteiger partial charge on any atom is 0.134 e. The average molecular weight is 295 g/mol. The standard InChI is InChI=1S/C21H13NO/c22-13-15-6-8-16(9-7-15)18-10-11-21-19(12-18)20(14-23-21)17-4-2-1-3-5-17/h1-12,14H. The van der Waals surface area contributed by atoms with Crippen LogP contribution in [0.1, 0.15) is 5.56 Å². The third kappa shape index (κ3) is 2.39. The first-order valence-corrected chi connectivity index (χ1v) is 7.42. The largest absolute Gasteiger partial charge is 0.464 e. The Balaban J connectivity index is 1.85. The maximum absolute atomic E-state index is 8.91. The lowest BCUT2D eigenvalue weighted by Crippen LogP contribution is -1.80. The predicted molar refractivity (Wildman–Crippen MR) is 91.8 cm³/mol. The second-order valence-electron chi connectivity index (χ2n) is 5.42. The molecule has 0 fully saturated rings. The molecule has 0 spiro atoms. The van der Waals surface area contributed by atoms with Crippen LogP contribution < -0.4 is 0 Å². The first-order chi connectivity index (χ1) is 11.3. The van der Waals surface area contributed by atoms with Gasteiger partial charge in [0.2, 0.25) is 0 Å². The van der Waals surface area contributed by atoms with Gasteiger partial charge in [0, 0.05) is 10.9 Å². The fourth-order valence-corrected chi connectivity index (χ4v) is 2.79. The topological polar surface area (TPSA) is 36.9 Å². The SMILES string of the molecule is N#Cc1ccc(-c2ccc3occ(-c4ccccc4)c3c2)cc1. The highest BCUT2D eigenvalue weighted by Crippen LogP contribution is 2.33. The second-order valence-corrected chi connectivity index (χ2v) is 5.42. The van der Waals surface area contributed by atoms with Crippen LogP contribution in [0.25, 0.3) is 33.2 Å². The summed E-state index contributed by atoms with van der Waals surface area (Å²) in [7, 11) is 0. The molecule has 0 bridgehead atoms. The van der Waals surface area contributed by atoms with E-state index >= 15 is 0 Å². The van der Waals surface area contributed by atoms with Crippen molar-refractivity contribution in [3.05, 3.63) is 84.6 Å². The number of hydrogen-bond donors (Lipinski definition) is 0. The molecule has 0 amide bonds. The Hall–Kier alpha value is -3.31. The third-order valence-corrected chi connectivity index (χ3v) is 4.01. The Bertz CT molecular complexity index is 1010. The molecule has 0 saturated heterocycles. The summed E-state index contributed by atoms with van der Waals surface area (Å²) in [6, 6.07) is 26.2. The van der Waals surface area contributed by atoms with Crippen LogP contribution in [0.4, 0.5) is 0 Å². The highest BCUT2D eigenvalue weighted by atomic mass is 16.3. The lowest BCUT2D eigenvalue weighted by molar-refractivity contribution is 0.617. The smallest absolute Gasteiger partial charge is 0.134 e. The van der Waals surface area contributed by atoms with E-state index in [9.17, 15) is 0 Å². The first-order valence-electron chi connectivity index (χ1n) is 7.42. The summed E-state index contributed by atoms with van der Waals surface area (Å²) in [4.78, 5) is 0. The van der Waals surface area contributed by atoms with Crippen LogP contribution in [0.5, 0.6) is 0 Å². The summed E-state index contributed by atoms with van der Waals surface area (Å²) in [5, 5.41) is 10.0. The normalized spacial score (nSPS) is 10.6. The van der Waals surface area contributed by atoms with Gasteiger partial charge in [-0.05, 0) is 41.0 Å².